The molecule has 5 aromatic carbocycles. The van der Waals surface area contributed by atoms with Crippen LogP contribution < -0.4 is 16.0 Å². The van der Waals surface area contributed by atoms with E-state index in [1.807, 2.05) is 92.8 Å². The van der Waals surface area contributed by atoms with E-state index in [-0.39, 0.29) is 42.5 Å². The smallest absolute Gasteiger partial charge is 0.279 e. The number of hydrogen-bond donors (Lipinski definition) is 2. The summed E-state index contributed by atoms with van der Waals surface area (Å²) in [7, 11) is -3.20. The predicted molar refractivity (Wildman–Crippen MR) is 241 cm³/mol. The molecule has 5 heterocycles. The third kappa shape index (κ3) is 6.63. The molecule has 0 radical (unpaired) electrons. The first-order valence-corrected chi connectivity index (χ1v) is 24.3. The van der Waals surface area contributed by atoms with Crippen molar-refractivity contribution in [3.05, 3.63) is 171 Å². The zero-order chi connectivity index (χ0) is 43.8. The van der Waals surface area contributed by atoms with Crippen LogP contribution in [0.25, 0.3) is 32.9 Å². The molecule has 2 aromatic heterocycles. The van der Waals surface area contributed by atoms with Crippen LogP contribution in [0.4, 0.5) is 5.69 Å². The van der Waals surface area contributed by atoms with Crippen molar-refractivity contribution in [1.82, 2.24) is 24.5 Å². The van der Waals surface area contributed by atoms with Crippen LogP contribution in [0, 0.1) is 5.92 Å². The summed E-state index contributed by atoms with van der Waals surface area (Å²) < 4.78 is 9.78. The molecule has 63 heavy (non-hydrogen) atoms. The van der Waals surface area contributed by atoms with E-state index in [2.05, 4.69) is 10.2 Å². The maximum atomic E-state index is 15.5. The van der Waals surface area contributed by atoms with Crippen molar-refractivity contribution in [1.29, 1.82) is 0 Å². The Labute approximate surface area is 363 Å². The molecule has 1 fully saturated rings. The van der Waals surface area contributed by atoms with Gasteiger partial charge in [-0.25, -0.2) is 0 Å². The highest BCUT2D eigenvalue weighted by molar-refractivity contribution is 6.71. The minimum Gasteiger partial charge on any atom is -0.432 e. The summed E-state index contributed by atoms with van der Waals surface area (Å²) in [6.07, 6.45) is 2.82. The standard InChI is InChI=1S/C49H46N6O7Si/c1-30-45(63(2,3)61)43(24-44(57)52-28-35-15-5-4-12-32(35)22-38(52)29-56)62-49(30)41-23-37(55-47(59)40-18-9-7-14-34(40)26-51-55)19-20-42(41)53(48(49)60)27-31-11-10-16-36(21-31)54-46(58)39-17-8-6-13-33(39)25-50-54/h4-21,23,25-26,30,38,43,45,56,61H,22,24,27-29H2,1-3H3/t30-,38+,43+,45-,49+/m1/s1. The van der Waals surface area contributed by atoms with Crippen molar-refractivity contribution in [2.75, 3.05) is 11.5 Å². The van der Waals surface area contributed by atoms with E-state index < -0.39 is 37.5 Å². The minimum atomic E-state index is -3.20. The monoisotopic (exact) mass is 858 g/mol. The summed E-state index contributed by atoms with van der Waals surface area (Å²) in [4.78, 5) is 73.0. The fraction of sp³-hybridized carbons (Fsp3) is 0.265. The third-order valence-corrected chi connectivity index (χ3v) is 15.9. The van der Waals surface area contributed by atoms with E-state index in [0.29, 0.717) is 57.3 Å². The van der Waals surface area contributed by atoms with Crippen LogP contribution in [0.1, 0.15) is 35.6 Å². The second-order valence-corrected chi connectivity index (χ2v) is 21.5. The van der Waals surface area contributed by atoms with Gasteiger partial charge in [-0.1, -0.05) is 79.7 Å². The first kappa shape index (κ1) is 40.5. The van der Waals surface area contributed by atoms with Crippen molar-refractivity contribution in [2.24, 2.45) is 5.92 Å². The van der Waals surface area contributed by atoms with Crippen molar-refractivity contribution in [2.45, 2.75) is 69.2 Å². The molecule has 1 spiro atoms. The molecule has 10 rings (SSSR count). The normalized spacial score (nSPS) is 22.0. The van der Waals surface area contributed by atoms with Gasteiger partial charge in [0, 0.05) is 34.3 Å². The number of nitrogens with zero attached hydrogens (tertiary/aromatic N) is 6. The van der Waals surface area contributed by atoms with Crippen LogP contribution >= 0.6 is 0 Å². The molecule has 0 aliphatic carbocycles. The molecule has 13 nitrogen and oxygen atoms in total. The maximum absolute atomic E-state index is 15.5. The van der Waals surface area contributed by atoms with E-state index in [1.165, 1.54) is 9.36 Å². The second kappa shape index (κ2) is 15.3. The van der Waals surface area contributed by atoms with E-state index in [0.717, 1.165) is 16.5 Å². The van der Waals surface area contributed by atoms with Crippen LogP contribution in [0.3, 0.4) is 0 Å². The number of amides is 2. The number of hydrogen-bond acceptors (Lipinski definition) is 9. The van der Waals surface area contributed by atoms with Gasteiger partial charge in [-0.05, 0) is 78.7 Å². The summed E-state index contributed by atoms with van der Waals surface area (Å²) in [5, 5.41) is 21.9. The molecule has 7 aromatic rings. The number of benzene rings is 5. The average Bonchev–Trinajstić information content (AvgIpc) is 3.71. The zero-order valence-electron chi connectivity index (χ0n) is 35.1. The van der Waals surface area contributed by atoms with Gasteiger partial charge in [-0.3, -0.25) is 19.2 Å². The molecule has 2 amide bonds. The van der Waals surface area contributed by atoms with Crippen LogP contribution in [-0.4, -0.2) is 73.2 Å². The van der Waals surface area contributed by atoms with Gasteiger partial charge in [-0.2, -0.15) is 19.6 Å². The molecule has 318 valence electrons. The lowest BCUT2D eigenvalue weighted by Crippen LogP contribution is -2.48. The van der Waals surface area contributed by atoms with Gasteiger partial charge in [0.2, 0.25) is 5.91 Å². The zero-order valence-corrected chi connectivity index (χ0v) is 36.1. The fourth-order valence-electron chi connectivity index (χ4n) is 10.4. The van der Waals surface area contributed by atoms with Gasteiger partial charge in [0.1, 0.15) is 0 Å². The maximum Gasteiger partial charge on any atom is 0.279 e. The minimum absolute atomic E-state index is 0.0902. The number of carbonyl (C=O) groups excluding carboxylic acids is 2. The number of aromatic nitrogens is 4. The van der Waals surface area contributed by atoms with E-state index in [4.69, 9.17) is 4.74 Å². The Morgan fingerprint density at radius 3 is 2.06 bits per heavy atom. The topological polar surface area (TPSA) is 160 Å². The Bertz CT molecular complexity index is 3110. The van der Waals surface area contributed by atoms with Gasteiger partial charge < -0.3 is 24.4 Å². The lowest BCUT2D eigenvalue weighted by Gasteiger charge is -2.37. The predicted octanol–water partition coefficient (Wildman–Crippen LogP) is 5.77. The van der Waals surface area contributed by atoms with Crippen LogP contribution in [0.15, 0.2) is 137 Å². The van der Waals surface area contributed by atoms with Crippen molar-refractivity contribution >= 4 is 47.4 Å². The number of carbonyl (C=O) groups is 2. The molecule has 1 saturated heterocycles. The Hall–Kier alpha value is -6.58. The summed E-state index contributed by atoms with van der Waals surface area (Å²) in [6, 6.07) is 34.6. The lowest BCUT2D eigenvalue weighted by atomic mass is 9.82. The fourth-order valence-corrected chi connectivity index (χ4v) is 13.0. The summed E-state index contributed by atoms with van der Waals surface area (Å²) in [6.45, 7) is 5.72. The van der Waals surface area contributed by atoms with Crippen LogP contribution in [0.5, 0.6) is 0 Å². The molecule has 3 aliphatic rings. The molecule has 0 unspecified atom stereocenters. The van der Waals surface area contributed by atoms with Crippen LogP contribution in [0.2, 0.25) is 18.6 Å². The Balaban J connectivity index is 1.06. The van der Waals surface area contributed by atoms with E-state index in [9.17, 15) is 24.3 Å². The third-order valence-electron chi connectivity index (χ3n) is 13.4. The molecular weight excluding hydrogens is 813 g/mol. The van der Waals surface area contributed by atoms with Gasteiger partial charge in [0.15, 0.2) is 13.9 Å². The highest BCUT2D eigenvalue weighted by Gasteiger charge is 2.66. The lowest BCUT2D eigenvalue weighted by molar-refractivity contribution is -0.151. The van der Waals surface area contributed by atoms with Crippen molar-refractivity contribution in [3.8, 4) is 11.4 Å². The quantitative estimate of drug-likeness (QED) is 0.181. The second-order valence-electron chi connectivity index (χ2n) is 17.6. The number of aliphatic hydroxyl groups excluding tert-OH is 1. The highest BCUT2D eigenvalue weighted by Crippen LogP contribution is 2.60. The van der Waals surface area contributed by atoms with E-state index >= 15 is 4.79 Å². The first-order chi connectivity index (χ1) is 30.4. The van der Waals surface area contributed by atoms with Crippen LogP contribution in [-0.2, 0) is 39.4 Å². The number of ether oxygens (including phenoxy) is 1. The number of fused-ring (bicyclic) bond motifs is 5. The van der Waals surface area contributed by atoms with Gasteiger partial charge in [0.25, 0.3) is 17.0 Å². The Morgan fingerprint density at radius 1 is 0.794 bits per heavy atom. The summed E-state index contributed by atoms with van der Waals surface area (Å²) in [5.41, 5.74) is 1.98. The molecule has 0 bridgehead atoms. The van der Waals surface area contributed by atoms with Gasteiger partial charge >= 0.3 is 0 Å². The molecular formula is C49H46N6O7Si. The van der Waals surface area contributed by atoms with Crippen molar-refractivity contribution < 1.29 is 24.2 Å². The average molecular weight is 859 g/mol. The summed E-state index contributed by atoms with van der Waals surface area (Å²) in [5.74, 6) is -1.22. The van der Waals surface area contributed by atoms with Crippen molar-refractivity contribution in [3.63, 3.8) is 0 Å². The number of rotatable bonds is 8. The molecule has 2 N–H and O–H groups in total. The largest absolute Gasteiger partial charge is 0.432 e. The molecule has 0 saturated carbocycles. The Kier molecular flexibility index (Phi) is 9.86. The van der Waals surface area contributed by atoms with Gasteiger partial charge in [-0.15, -0.1) is 0 Å². The SMILES string of the molecule is C[C@@H]1[C@@H]([Si](C)(C)O)[C@H](CC(=O)N2Cc3ccccc3C[C@H]2CO)O[C@@]12C(=O)N(Cc1cccc(-n3ncc4ccccc4c3=O)c1)c1ccc(-n3ncc4ccccc4c3=O)cc12. The van der Waals surface area contributed by atoms with E-state index in [1.54, 1.807) is 64.7 Å². The Morgan fingerprint density at radius 2 is 1.41 bits per heavy atom. The summed E-state index contributed by atoms with van der Waals surface area (Å²) >= 11 is 0. The molecule has 14 heteroatoms. The molecule has 5 atom stereocenters. The first-order valence-electron chi connectivity index (χ1n) is 21.2. The number of aliphatic hydroxyl groups is 1. The molecule has 3 aliphatic heterocycles. The number of anilines is 1. The highest BCUT2D eigenvalue weighted by atomic mass is 28.4. The van der Waals surface area contributed by atoms with Gasteiger partial charge in [0.05, 0.1) is 71.9 Å².